The van der Waals surface area contributed by atoms with Crippen molar-refractivity contribution in [2.75, 3.05) is 19.7 Å². The predicted molar refractivity (Wildman–Crippen MR) is 150 cm³/mol. The summed E-state index contributed by atoms with van der Waals surface area (Å²) in [7, 11) is -3.82. The van der Waals surface area contributed by atoms with Crippen molar-refractivity contribution in [3.05, 3.63) is 59.6 Å². The molecule has 1 fully saturated rings. The van der Waals surface area contributed by atoms with Crippen LogP contribution in [-0.4, -0.2) is 61.6 Å². The van der Waals surface area contributed by atoms with Gasteiger partial charge in [0.1, 0.15) is 0 Å². The van der Waals surface area contributed by atoms with Gasteiger partial charge in [-0.1, -0.05) is 57.5 Å². The maximum atomic E-state index is 13.9. The number of hydrogen-bond donors (Lipinski definition) is 1. The van der Waals surface area contributed by atoms with Crippen LogP contribution in [-0.2, 0) is 30.7 Å². The van der Waals surface area contributed by atoms with E-state index < -0.39 is 34.2 Å². The Hall–Kier alpha value is -3.02. The average Bonchev–Trinajstić information content (AvgIpc) is 3.56. The molecule has 1 saturated heterocycles. The van der Waals surface area contributed by atoms with Crippen molar-refractivity contribution in [2.45, 2.75) is 57.1 Å². The van der Waals surface area contributed by atoms with Gasteiger partial charge in [0.2, 0.25) is 16.1 Å². The van der Waals surface area contributed by atoms with E-state index in [4.69, 9.17) is 9.47 Å². The number of nitrogens with one attached hydrogen (secondary N) is 1. The van der Waals surface area contributed by atoms with Crippen LogP contribution in [0.3, 0.4) is 0 Å². The van der Waals surface area contributed by atoms with E-state index in [-0.39, 0.29) is 29.9 Å². The number of carbonyl (C=O) groups is 2. The Morgan fingerprint density at radius 3 is 2.67 bits per heavy atom. The van der Waals surface area contributed by atoms with E-state index in [9.17, 15) is 18.0 Å². The summed E-state index contributed by atoms with van der Waals surface area (Å²) < 4.78 is 40.4. The van der Waals surface area contributed by atoms with E-state index in [1.165, 1.54) is 15.6 Å². The molecule has 11 heteroatoms. The Balaban J connectivity index is 1.57. The predicted octanol–water partition coefficient (Wildman–Crippen LogP) is 4.62. The zero-order valence-corrected chi connectivity index (χ0v) is 24.0. The third kappa shape index (κ3) is 7.34. The first-order chi connectivity index (χ1) is 18.7. The first-order valence-corrected chi connectivity index (χ1v) is 15.5. The molecular weight excluding hydrogens is 538 g/mol. The Labute approximate surface area is 233 Å². The zero-order chi connectivity index (χ0) is 28.0. The van der Waals surface area contributed by atoms with Gasteiger partial charge in [0.05, 0.1) is 27.2 Å². The van der Waals surface area contributed by atoms with E-state index in [0.29, 0.717) is 19.4 Å². The molecule has 1 aliphatic heterocycles. The molecule has 0 bridgehead atoms. The normalized spacial score (nSPS) is 18.1. The van der Waals surface area contributed by atoms with Crippen LogP contribution in [0, 0.1) is 11.8 Å². The van der Waals surface area contributed by atoms with Crippen molar-refractivity contribution in [3.63, 3.8) is 0 Å². The summed E-state index contributed by atoms with van der Waals surface area (Å²) in [6.07, 6.45) is -0.0452. The van der Waals surface area contributed by atoms with Crippen molar-refractivity contribution in [1.82, 2.24) is 14.6 Å². The monoisotopic (exact) mass is 573 g/mol. The fraction of sp³-hybridized carbons (Fsp3) is 0.464. The van der Waals surface area contributed by atoms with Crippen molar-refractivity contribution in [3.8, 4) is 0 Å². The number of benzene rings is 2. The molecule has 1 aromatic heterocycles. The second kappa shape index (κ2) is 12.9. The lowest BCUT2D eigenvalue weighted by atomic mass is 9.94. The minimum atomic E-state index is -3.82. The summed E-state index contributed by atoms with van der Waals surface area (Å²) in [5.74, 6) is -0.696. The molecule has 2 heterocycles. The first-order valence-electron chi connectivity index (χ1n) is 13.2. The topological polar surface area (TPSA) is 115 Å². The summed E-state index contributed by atoms with van der Waals surface area (Å²) in [5, 5.41) is 2.90. The molecule has 3 aromatic rings. The van der Waals surface area contributed by atoms with Gasteiger partial charge >= 0.3 is 12.1 Å². The Bertz CT molecular complexity index is 1380. The number of ether oxygens (including phenoxy) is 2. The Morgan fingerprint density at radius 2 is 1.97 bits per heavy atom. The van der Waals surface area contributed by atoms with Crippen LogP contribution in [0.2, 0.25) is 0 Å². The number of nitrogens with zero attached hydrogens (tertiary/aromatic N) is 2. The van der Waals surface area contributed by atoms with Crippen LogP contribution in [0.25, 0.3) is 10.2 Å². The Morgan fingerprint density at radius 1 is 1.21 bits per heavy atom. The molecule has 4 atom stereocenters. The number of cyclic esters (lactones) is 1. The maximum absolute atomic E-state index is 13.9. The fourth-order valence-electron chi connectivity index (χ4n) is 4.50. The molecule has 2 aromatic carbocycles. The zero-order valence-electron chi connectivity index (χ0n) is 22.4. The van der Waals surface area contributed by atoms with Crippen LogP contribution < -0.4 is 5.32 Å². The molecule has 0 aliphatic carbocycles. The van der Waals surface area contributed by atoms with Crippen molar-refractivity contribution < 1.29 is 27.5 Å². The number of alkyl carbamates (subject to hydrolysis) is 1. The molecule has 1 unspecified atom stereocenters. The first kappa shape index (κ1) is 29.0. The SMILES string of the molecule is CC[C@@H](C)CN(C[C@@H](C)C(Cc1ccccc1)NC(=O)O[C@@H]1CCOC1=O)S(=O)(=O)c1ccc2ncsc2c1. The summed E-state index contributed by atoms with van der Waals surface area (Å²) in [6, 6.07) is 14.2. The lowest BCUT2D eigenvalue weighted by molar-refractivity contribution is -0.144. The molecule has 0 spiro atoms. The fourth-order valence-corrected chi connectivity index (χ4v) is 6.98. The van der Waals surface area contributed by atoms with E-state index in [1.54, 1.807) is 23.7 Å². The number of thiazole rings is 1. The van der Waals surface area contributed by atoms with Gasteiger partial charge in [-0.3, -0.25) is 0 Å². The molecule has 0 radical (unpaired) electrons. The lowest BCUT2D eigenvalue weighted by Gasteiger charge is -2.32. The van der Waals surface area contributed by atoms with Crippen molar-refractivity contribution in [1.29, 1.82) is 0 Å². The minimum absolute atomic E-state index is 0.137. The minimum Gasteiger partial charge on any atom is -0.463 e. The molecule has 1 N–H and O–H groups in total. The summed E-state index contributed by atoms with van der Waals surface area (Å²) in [6.45, 7) is 6.74. The molecule has 39 heavy (non-hydrogen) atoms. The van der Waals surface area contributed by atoms with Crippen molar-refractivity contribution in [2.24, 2.45) is 11.8 Å². The van der Waals surface area contributed by atoms with Gasteiger partial charge in [0.15, 0.2) is 0 Å². The molecule has 9 nitrogen and oxygen atoms in total. The highest BCUT2D eigenvalue weighted by Crippen LogP contribution is 2.26. The number of esters is 1. The van der Waals surface area contributed by atoms with Crippen LogP contribution >= 0.6 is 11.3 Å². The smallest absolute Gasteiger partial charge is 0.408 e. The highest BCUT2D eigenvalue weighted by molar-refractivity contribution is 7.89. The lowest BCUT2D eigenvalue weighted by Crippen LogP contribution is -2.48. The van der Waals surface area contributed by atoms with E-state index in [2.05, 4.69) is 10.3 Å². The molecule has 1 aliphatic rings. The average molecular weight is 574 g/mol. The number of fused-ring (bicyclic) bond motifs is 1. The highest BCUT2D eigenvalue weighted by atomic mass is 32.2. The number of sulfonamides is 1. The van der Waals surface area contributed by atoms with Crippen LogP contribution in [0.4, 0.5) is 4.79 Å². The quantitative estimate of drug-likeness (QED) is 0.314. The van der Waals surface area contributed by atoms with Gasteiger partial charge in [0.25, 0.3) is 0 Å². The van der Waals surface area contributed by atoms with Crippen LogP contribution in [0.15, 0.2) is 58.9 Å². The second-order valence-corrected chi connectivity index (χ2v) is 12.9. The van der Waals surface area contributed by atoms with Crippen LogP contribution in [0.5, 0.6) is 0 Å². The third-order valence-electron chi connectivity index (χ3n) is 7.07. The number of rotatable bonds is 12. The van der Waals surface area contributed by atoms with Crippen LogP contribution in [0.1, 0.15) is 39.2 Å². The van der Waals surface area contributed by atoms with Gasteiger partial charge in [0, 0.05) is 25.6 Å². The standard InChI is InChI=1S/C28H35N3O6S2/c1-4-19(2)16-31(39(34,35)22-10-11-23-26(15-22)38-18-29-23)17-20(3)24(14-21-8-6-5-7-9-21)30-28(33)37-25-12-13-36-27(25)32/h5-11,15,18-20,24-25H,4,12-14,16-17H2,1-3H3,(H,30,33)/t19-,20-,24?,25-/m1/s1. The third-order valence-corrected chi connectivity index (χ3v) is 9.69. The van der Waals surface area contributed by atoms with Crippen molar-refractivity contribution >= 4 is 43.6 Å². The van der Waals surface area contributed by atoms with E-state index in [1.807, 2.05) is 51.1 Å². The molecule has 0 saturated carbocycles. The van der Waals surface area contributed by atoms with E-state index in [0.717, 1.165) is 22.2 Å². The molecule has 1 amide bonds. The second-order valence-electron chi connectivity index (χ2n) is 10.1. The number of carbonyl (C=O) groups excluding carboxylic acids is 2. The molecule has 210 valence electrons. The van der Waals surface area contributed by atoms with E-state index >= 15 is 0 Å². The van der Waals surface area contributed by atoms with Gasteiger partial charge in [-0.15, -0.1) is 11.3 Å². The summed E-state index contributed by atoms with van der Waals surface area (Å²) >= 11 is 1.40. The molecule has 4 rings (SSSR count). The van der Waals surface area contributed by atoms with Gasteiger partial charge in [-0.2, -0.15) is 4.31 Å². The van der Waals surface area contributed by atoms with Gasteiger partial charge in [-0.25, -0.2) is 23.0 Å². The van der Waals surface area contributed by atoms with Gasteiger partial charge in [-0.05, 0) is 42.0 Å². The number of aromatic nitrogens is 1. The largest absolute Gasteiger partial charge is 0.463 e. The highest BCUT2D eigenvalue weighted by Gasteiger charge is 2.33. The molecular formula is C28H35N3O6S2. The number of amides is 1. The summed E-state index contributed by atoms with van der Waals surface area (Å²) in [5.41, 5.74) is 3.45. The van der Waals surface area contributed by atoms with Gasteiger partial charge < -0.3 is 14.8 Å². The maximum Gasteiger partial charge on any atom is 0.408 e. The number of hydrogen-bond acceptors (Lipinski definition) is 8. The summed E-state index contributed by atoms with van der Waals surface area (Å²) in [4.78, 5) is 29.1. The Kier molecular flexibility index (Phi) is 9.58.